The number of alkyl halides is 3. The quantitative estimate of drug-likeness (QED) is 0.477. The second kappa shape index (κ2) is 10.3. The molecule has 1 aliphatic rings. The molecule has 1 amide bonds. The first kappa shape index (κ1) is 24.1. The zero-order valence-electron chi connectivity index (χ0n) is 17.9. The highest BCUT2D eigenvalue weighted by molar-refractivity contribution is 6.30. The molecule has 1 aliphatic carbocycles. The van der Waals surface area contributed by atoms with Crippen LogP contribution in [0.3, 0.4) is 0 Å². The van der Waals surface area contributed by atoms with E-state index in [2.05, 4.69) is 16.9 Å². The summed E-state index contributed by atoms with van der Waals surface area (Å²) in [6, 6.07) is 8.11. The van der Waals surface area contributed by atoms with Gasteiger partial charge in [0.2, 0.25) is 5.91 Å². The molecule has 7 heteroatoms. The van der Waals surface area contributed by atoms with Gasteiger partial charge in [-0.2, -0.15) is 13.2 Å². The number of carbonyl (C=O) groups excluding carboxylic acids is 1. The molecule has 3 nitrogen and oxygen atoms in total. The van der Waals surface area contributed by atoms with Crippen LogP contribution in [-0.2, 0) is 11.0 Å². The SMILES string of the molecule is C=Cc1nc(C(F)(F)F)cc(C2CCC(CC(=O)Nc3ccc(Cl)cc3)CC2)c1/C=C\C. The third-order valence-electron chi connectivity index (χ3n) is 5.83. The maximum absolute atomic E-state index is 13.4. The number of benzene rings is 1. The lowest BCUT2D eigenvalue weighted by Crippen LogP contribution is -2.21. The molecule has 0 atom stereocenters. The number of nitrogens with zero attached hydrogens (tertiary/aromatic N) is 1. The molecule has 1 aromatic carbocycles. The minimum Gasteiger partial charge on any atom is -0.326 e. The van der Waals surface area contributed by atoms with Crippen molar-refractivity contribution in [3.63, 3.8) is 0 Å². The van der Waals surface area contributed by atoms with Crippen molar-refractivity contribution in [2.45, 2.75) is 51.1 Å². The van der Waals surface area contributed by atoms with Gasteiger partial charge in [-0.3, -0.25) is 4.79 Å². The number of halogens is 4. The van der Waals surface area contributed by atoms with Crippen LogP contribution < -0.4 is 5.32 Å². The first-order valence-corrected chi connectivity index (χ1v) is 11.0. The summed E-state index contributed by atoms with van der Waals surface area (Å²) in [6.45, 7) is 5.48. The Morgan fingerprint density at radius 3 is 2.44 bits per heavy atom. The number of carbonyl (C=O) groups is 1. The third kappa shape index (κ3) is 6.00. The molecule has 1 saturated carbocycles. The van der Waals surface area contributed by atoms with Gasteiger partial charge in [-0.05, 0) is 86.4 Å². The summed E-state index contributed by atoms with van der Waals surface area (Å²) in [5.41, 5.74) is 1.40. The number of nitrogens with one attached hydrogen (secondary N) is 1. The van der Waals surface area contributed by atoms with Crippen LogP contribution in [0.1, 0.15) is 67.5 Å². The zero-order valence-corrected chi connectivity index (χ0v) is 18.6. The summed E-state index contributed by atoms with van der Waals surface area (Å²) >= 11 is 5.86. The van der Waals surface area contributed by atoms with E-state index in [0.29, 0.717) is 28.3 Å². The second-order valence-electron chi connectivity index (χ2n) is 8.07. The largest absolute Gasteiger partial charge is 0.433 e. The lowest BCUT2D eigenvalue weighted by molar-refractivity contribution is -0.141. The van der Waals surface area contributed by atoms with E-state index in [1.165, 1.54) is 12.1 Å². The van der Waals surface area contributed by atoms with Gasteiger partial charge < -0.3 is 5.32 Å². The molecule has 170 valence electrons. The van der Waals surface area contributed by atoms with Crippen molar-refractivity contribution >= 4 is 35.3 Å². The van der Waals surface area contributed by atoms with Crippen molar-refractivity contribution in [3.05, 3.63) is 70.5 Å². The summed E-state index contributed by atoms with van der Waals surface area (Å²) in [7, 11) is 0. The van der Waals surface area contributed by atoms with E-state index in [1.807, 2.05) is 6.92 Å². The summed E-state index contributed by atoms with van der Waals surface area (Å²) in [5, 5.41) is 3.47. The molecule has 1 heterocycles. The summed E-state index contributed by atoms with van der Waals surface area (Å²) in [6.07, 6.45) is 3.85. The fourth-order valence-electron chi connectivity index (χ4n) is 4.27. The Hall–Kier alpha value is -2.60. The van der Waals surface area contributed by atoms with Gasteiger partial charge in [-0.1, -0.05) is 30.3 Å². The lowest BCUT2D eigenvalue weighted by Gasteiger charge is -2.30. The summed E-state index contributed by atoms with van der Waals surface area (Å²) < 4.78 is 40.2. The van der Waals surface area contributed by atoms with E-state index >= 15 is 0 Å². The van der Waals surface area contributed by atoms with Crippen LogP contribution >= 0.6 is 11.6 Å². The number of hydrogen-bond donors (Lipinski definition) is 1. The minimum absolute atomic E-state index is 0.0143. The predicted molar refractivity (Wildman–Crippen MR) is 123 cm³/mol. The van der Waals surface area contributed by atoms with Gasteiger partial charge in [0.25, 0.3) is 0 Å². The topological polar surface area (TPSA) is 42.0 Å². The van der Waals surface area contributed by atoms with Crippen LogP contribution in [0.4, 0.5) is 18.9 Å². The van der Waals surface area contributed by atoms with Crippen LogP contribution in [0.25, 0.3) is 12.2 Å². The number of amides is 1. The Bertz CT molecular complexity index is 991. The fraction of sp³-hybridized carbons (Fsp3) is 0.360. The molecule has 2 aromatic rings. The van der Waals surface area contributed by atoms with Crippen molar-refractivity contribution in [2.24, 2.45) is 5.92 Å². The zero-order chi connectivity index (χ0) is 23.3. The highest BCUT2D eigenvalue weighted by Gasteiger charge is 2.35. The van der Waals surface area contributed by atoms with E-state index in [4.69, 9.17) is 11.6 Å². The first-order valence-electron chi connectivity index (χ1n) is 10.6. The maximum atomic E-state index is 13.4. The predicted octanol–water partition coefficient (Wildman–Crippen LogP) is 7.73. The van der Waals surface area contributed by atoms with E-state index in [1.54, 1.807) is 36.4 Å². The number of anilines is 1. The number of rotatable bonds is 6. The Balaban J connectivity index is 1.70. The van der Waals surface area contributed by atoms with Crippen LogP contribution in [0.2, 0.25) is 5.02 Å². The molecular formula is C25H26ClF3N2O. The van der Waals surface area contributed by atoms with Gasteiger partial charge in [0.05, 0.1) is 5.69 Å². The molecule has 0 radical (unpaired) electrons. The second-order valence-corrected chi connectivity index (χ2v) is 8.51. The van der Waals surface area contributed by atoms with Crippen molar-refractivity contribution in [3.8, 4) is 0 Å². The highest BCUT2D eigenvalue weighted by atomic mass is 35.5. The third-order valence-corrected chi connectivity index (χ3v) is 6.08. The summed E-state index contributed by atoms with van der Waals surface area (Å²) in [5.74, 6) is 0.119. The molecular weight excluding hydrogens is 437 g/mol. The molecule has 3 rings (SSSR count). The molecule has 1 fully saturated rings. The molecule has 0 bridgehead atoms. The van der Waals surface area contributed by atoms with Gasteiger partial charge >= 0.3 is 6.18 Å². The van der Waals surface area contributed by atoms with Crippen LogP contribution in [0.15, 0.2) is 43.0 Å². The Morgan fingerprint density at radius 2 is 1.88 bits per heavy atom. The standard InChI is InChI=1S/C25H26ClF3N2O/c1-3-5-20-21(15-23(25(27,28)29)31-22(20)4-2)17-8-6-16(7-9-17)14-24(32)30-19-12-10-18(26)11-13-19/h3-5,10-13,15-17H,2,6-9,14H2,1H3,(H,30,32)/b5-3-. The normalized spacial score (nSPS) is 19.2. The first-order chi connectivity index (χ1) is 15.2. The van der Waals surface area contributed by atoms with Gasteiger partial charge in [-0.15, -0.1) is 0 Å². The van der Waals surface area contributed by atoms with Gasteiger partial charge in [0.15, 0.2) is 0 Å². The van der Waals surface area contributed by atoms with Crippen molar-refractivity contribution < 1.29 is 18.0 Å². The number of allylic oxidation sites excluding steroid dienone is 1. The smallest absolute Gasteiger partial charge is 0.326 e. The minimum atomic E-state index is -4.52. The van der Waals surface area contributed by atoms with Crippen molar-refractivity contribution in [2.75, 3.05) is 5.32 Å². The summed E-state index contributed by atoms with van der Waals surface area (Å²) in [4.78, 5) is 16.2. The fourth-order valence-corrected chi connectivity index (χ4v) is 4.39. The van der Waals surface area contributed by atoms with E-state index < -0.39 is 11.9 Å². The van der Waals surface area contributed by atoms with E-state index in [0.717, 1.165) is 25.7 Å². The van der Waals surface area contributed by atoms with Gasteiger partial charge in [0.1, 0.15) is 5.69 Å². The monoisotopic (exact) mass is 462 g/mol. The van der Waals surface area contributed by atoms with Crippen LogP contribution in [0, 0.1) is 5.92 Å². The average molecular weight is 463 g/mol. The molecule has 0 saturated heterocycles. The number of aromatic nitrogens is 1. The van der Waals surface area contributed by atoms with E-state index in [-0.39, 0.29) is 23.4 Å². The number of pyridine rings is 1. The molecule has 0 unspecified atom stereocenters. The van der Waals surface area contributed by atoms with E-state index in [9.17, 15) is 18.0 Å². The van der Waals surface area contributed by atoms with Crippen LogP contribution in [0.5, 0.6) is 0 Å². The Labute approximate surface area is 191 Å². The highest BCUT2D eigenvalue weighted by Crippen LogP contribution is 2.41. The Morgan fingerprint density at radius 1 is 1.22 bits per heavy atom. The molecule has 0 spiro atoms. The molecule has 0 aliphatic heterocycles. The van der Waals surface area contributed by atoms with Gasteiger partial charge in [-0.25, -0.2) is 4.98 Å². The molecule has 32 heavy (non-hydrogen) atoms. The average Bonchev–Trinajstić information content (AvgIpc) is 2.75. The Kier molecular flexibility index (Phi) is 7.77. The van der Waals surface area contributed by atoms with Gasteiger partial charge in [0, 0.05) is 22.7 Å². The van der Waals surface area contributed by atoms with Crippen molar-refractivity contribution in [1.82, 2.24) is 4.98 Å². The molecule has 1 N–H and O–H groups in total. The van der Waals surface area contributed by atoms with Crippen molar-refractivity contribution in [1.29, 1.82) is 0 Å². The van der Waals surface area contributed by atoms with Crippen LogP contribution in [-0.4, -0.2) is 10.9 Å². The number of hydrogen-bond acceptors (Lipinski definition) is 2. The lowest BCUT2D eigenvalue weighted by atomic mass is 9.76. The molecule has 1 aromatic heterocycles. The maximum Gasteiger partial charge on any atom is 0.433 e.